The third-order valence-electron chi connectivity index (χ3n) is 3.06. The van der Waals surface area contributed by atoms with Gasteiger partial charge in [0, 0.05) is 5.02 Å². The number of hydrogen-bond donors (Lipinski definition) is 2. The summed E-state index contributed by atoms with van der Waals surface area (Å²) >= 11 is 5.38. The topological polar surface area (TPSA) is 84.9 Å². The second-order valence-electron chi connectivity index (χ2n) is 5.17. The number of anilines is 2. The van der Waals surface area contributed by atoms with Gasteiger partial charge in [-0.3, -0.25) is 14.7 Å². The molecular weight excluding hydrogens is 481 g/mol. The van der Waals surface area contributed by atoms with E-state index < -0.39 is 57.8 Å². The number of benzene rings is 1. The number of ether oxygens (including phenoxy) is 1. The lowest BCUT2D eigenvalue weighted by atomic mass is 10.2. The van der Waals surface area contributed by atoms with Crippen LogP contribution >= 0.6 is 11.6 Å². The molecule has 30 heavy (non-hydrogen) atoms. The van der Waals surface area contributed by atoms with Crippen molar-refractivity contribution in [1.82, 2.24) is 0 Å². The zero-order valence-electron chi connectivity index (χ0n) is 13.4. The number of amides is 1. The molecule has 6 nitrogen and oxygen atoms in total. The number of nitrogens with zero attached hydrogens (tertiary/aromatic N) is 1. The molecule has 1 aromatic carbocycles. The van der Waals surface area contributed by atoms with Crippen molar-refractivity contribution < 1.29 is 63.0 Å². The molecule has 1 amide bonds. The molecule has 0 aliphatic heterocycles. The molecule has 0 radical (unpaired) electrons. The van der Waals surface area contributed by atoms with Gasteiger partial charge in [0.25, 0.3) is 5.91 Å². The standard InChI is InChI=1S/C12H5ClF11N2O4/c13-4-1-2-5(6(3-4)26(28)29)25-7(27)8(14,10(17,18)19)30-12(23,24)9(15,16)11(20,21)22/h1-3,28H,(H,25,27)/q-1/t8-/m1/s1. The Kier molecular flexibility index (Phi) is 6.79. The highest BCUT2D eigenvalue weighted by molar-refractivity contribution is 6.31. The minimum absolute atomic E-state index is 0.396. The maximum Gasteiger partial charge on any atom is 0.462 e. The quantitative estimate of drug-likeness (QED) is 0.437. The van der Waals surface area contributed by atoms with Crippen LogP contribution < -0.4 is 10.5 Å². The van der Waals surface area contributed by atoms with E-state index in [4.69, 9.17) is 16.8 Å². The first-order valence-electron chi connectivity index (χ1n) is 6.72. The predicted molar refractivity (Wildman–Crippen MR) is 74.6 cm³/mol. The molecule has 0 saturated carbocycles. The van der Waals surface area contributed by atoms with Gasteiger partial charge in [0.05, 0.1) is 11.4 Å². The van der Waals surface area contributed by atoms with Gasteiger partial charge in [0.2, 0.25) is 0 Å². The van der Waals surface area contributed by atoms with E-state index in [0.29, 0.717) is 18.2 Å². The van der Waals surface area contributed by atoms with Gasteiger partial charge < -0.3 is 15.8 Å². The Hall–Kier alpha value is -2.11. The first-order chi connectivity index (χ1) is 13.2. The van der Waals surface area contributed by atoms with Crippen LogP contribution in [0.3, 0.4) is 0 Å². The summed E-state index contributed by atoms with van der Waals surface area (Å²) in [6.45, 7) is 0. The number of nitrogens with one attached hydrogen (secondary N) is 1. The fraction of sp³-hybridized carbons (Fsp3) is 0.417. The summed E-state index contributed by atoms with van der Waals surface area (Å²) in [5.74, 6) is -17.2. The summed E-state index contributed by atoms with van der Waals surface area (Å²) in [5.41, 5.74) is -2.45. The third kappa shape index (κ3) is 4.79. The van der Waals surface area contributed by atoms with E-state index in [1.807, 2.05) is 0 Å². The monoisotopic (exact) mass is 485 g/mol. The average Bonchev–Trinajstić information content (AvgIpc) is 2.53. The summed E-state index contributed by atoms with van der Waals surface area (Å²) in [6.07, 6.45) is -21.4. The first kappa shape index (κ1) is 25.9. The lowest BCUT2D eigenvalue weighted by Crippen LogP contribution is -2.62. The van der Waals surface area contributed by atoms with E-state index in [-0.39, 0.29) is 0 Å². The van der Waals surface area contributed by atoms with Crippen LogP contribution in [0.4, 0.5) is 59.7 Å². The van der Waals surface area contributed by atoms with E-state index in [1.54, 1.807) is 0 Å². The third-order valence-corrected chi connectivity index (χ3v) is 3.30. The molecule has 0 heterocycles. The van der Waals surface area contributed by atoms with Crippen LogP contribution in [-0.4, -0.2) is 41.4 Å². The molecule has 18 heteroatoms. The maximum absolute atomic E-state index is 14.1. The van der Waals surface area contributed by atoms with Crippen molar-refractivity contribution in [1.29, 1.82) is 0 Å². The Balaban J connectivity index is 3.42. The van der Waals surface area contributed by atoms with Crippen molar-refractivity contribution in [3.8, 4) is 0 Å². The molecule has 0 bridgehead atoms. The molecule has 1 aromatic rings. The van der Waals surface area contributed by atoms with E-state index in [0.717, 1.165) is 5.32 Å². The van der Waals surface area contributed by atoms with Crippen LogP contribution in [0.2, 0.25) is 5.02 Å². The van der Waals surface area contributed by atoms with Crippen molar-refractivity contribution in [2.24, 2.45) is 0 Å². The van der Waals surface area contributed by atoms with Crippen molar-refractivity contribution >= 4 is 28.9 Å². The lowest BCUT2D eigenvalue weighted by Gasteiger charge is -2.34. The Morgan fingerprint density at radius 1 is 1.00 bits per heavy atom. The molecule has 0 aliphatic rings. The van der Waals surface area contributed by atoms with Crippen LogP contribution in [0, 0.1) is 5.21 Å². The molecular formula is C12H5ClF11N2O4-. The second-order valence-corrected chi connectivity index (χ2v) is 5.61. The van der Waals surface area contributed by atoms with Crippen molar-refractivity contribution in [3.63, 3.8) is 0 Å². The number of carbonyl (C=O) groups is 1. The minimum atomic E-state index is -7.36. The van der Waals surface area contributed by atoms with Gasteiger partial charge in [-0.05, 0) is 18.2 Å². The number of carbonyl (C=O) groups excluding carboxylic acids is 1. The number of alkyl halides is 11. The molecule has 1 rings (SSSR count). The molecule has 2 N–H and O–H groups in total. The maximum atomic E-state index is 14.1. The Morgan fingerprint density at radius 3 is 1.90 bits per heavy atom. The highest BCUT2D eigenvalue weighted by Crippen LogP contribution is 2.51. The summed E-state index contributed by atoms with van der Waals surface area (Å²) in [6, 6.07) is 1.60. The first-order valence-corrected chi connectivity index (χ1v) is 7.10. The molecule has 0 fully saturated rings. The molecule has 0 aliphatic carbocycles. The molecule has 1 atom stereocenters. The summed E-state index contributed by atoms with van der Waals surface area (Å²) in [7, 11) is 0. The zero-order valence-corrected chi connectivity index (χ0v) is 14.1. The van der Waals surface area contributed by atoms with Gasteiger partial charge in [-0.1, -0.05) is 11.6 Å². The molecule has 0 unspecified atom stereocenters. The van der Waals surface area contributed by atoms with E-state index in [9.17, 15) is 58.3 Å². The van der Waals surface area contributed by atoms with Gasteiger partial charge in [0.15, 0.2) is 0 Å². The number of hydrogen-bond acceptors (Lipinski definition) is 5. The number of halogens is 12. The fourth-order valence-corrected chi connectivity index (χ4v) is 1.78. The van der Waals surface area contributed by atoms with Crippen LogP contribution in [-0.2, 0) is 9.53 Å². The Morgan fingerprint density at radius 2 is 1.50 bits per heavy atom. The van der Waals surface area contributed by atoms with Crippen molar-refractivity contribution in [2.75, 3.05) is 10.5 Å². The van der Waals surface area contributed by atoms with Gasteiger partial charge >= 0.3 is 30.2 Å². The molecule has 0 saturated heterocycles. The largest absolute Gasteiger partial charge is 0.733 e. The molecule has 172 valence electrons. The fourth-order valence-electron chi connectivity index (χ4n) is 1.61. The number of rotatable bonds is 6. The van der Waals surface area contributed by atoms with Crippen LogP contribution in [0.1, 0.15) is 0 Å². The second kappa shape index (κ2) is 7.86. The highest BCUT2D eigenvalue weighted by atomic mass is 35.5. The summed E-state index contributed by atoms with van der Waals surface area (Å²) in [4.78, 5) is 11.6. The summed E-state index contributed by atoms with van der Waals surface area (Å²) in [5, 5.41) is 18.9. The lowest BCUT2D eigenvalue weighted by molar-refractivity contribution is -0.472. The Bertz CT molecular complexity index is 799. The highest BCUT2D eigenvalue weighted by Gasteiger charge is 2.79. The minimum Gasteiger partial charge on any atom is -0.733 e. The van der Waals surface area contributed by atoms with E-state index in [1.165, 1.54) is 0 Å². The van der Waals surface area contributed by atoms with E-state index >= 15 is 0 Å². The normalized spacial score (nSPS) is 15.5. The van der Waals surface area contributed by atoms with Crippen LogP contribution in [0.15, 0.2) is 18.2 Å². The van der Waals surface area contributed by atoms with Gasteiger partial charge in [-0.25, -0.2) is 0 Å². The smallest absolute Gasteiger partial charge is 0.462 e. The van der Waals surface area contributed by atoms with Crippen LogP contribution in [0.5, 0.6) is 0 Å². The van der Waals surface area contributed by atoms with Gasteiger partial charge in [-0.2, -0.15) is 48.3 Å². The molecule has 0 spiro atoms. The average molecular weight is 486 g/mol. The Labute approximate surface area is 162 Å². The zero-order chi connectivity index (χ0) is 23.9. The van der Waals surface area contributed by atoms with Gasteiger partial charge in [-0.15, -0.1) is 0 Å². The van der Waals surface area contributed by atoms with Crippen molar-refractivity contribution in [3.05, 3.63) is 28.4 Å². The van der Waals surface area contributed by atoms with Crippen molar-refractivity contribution in [2.45, 2.75) is 30.2 Å². The predicted octanol–water partition coefficient (Wildman–Crippen LogP) is 5.01. The summed E-state index contributed by atoms with van der Waals surface area (Å²) < 4.78 is 143. The van der Waals surface area contributed by atoms with Gasteiger partial charge in [0.1, 0.15) is 0 Å². The van der Waals surface area contributed by atoms with E-state index in [2.05, 4.69) is 4.74 Å². The molecule has 0 aromatic heterocycles. The SMILES string of the molecule is O=C(Nc1ccc(Cl)cc1N([O-])O)[C@@](F)(OC(F)(F)C(F)(F)C(F)(F)F)C(F)(F)F. The van der Waals surface area contributed by atoms with Crippen LogP contribution in [0.25, 0.3) is 0 Å².